The molecule has 0 atom stereocenters. The first-order valence-electron chi connectivity index (χ1n) is 5.94. The minimum atomic E-state index is -0.261. The number of benzene rings is 1. The van der Waals surface area contributed by atoms with Crippen molar-refractivity contribution in [1.29, 1.82) is 0 Å². The first kappa shape index (κ1) is 12.4. The summed E-state index contributed by atoms with van der Waals surface area (Å²) in [5, 5.41) is 3.04. The summed E-state index contributed by atoms with van der Waals surface area (Å²) in [6.45, 7) is 6.12. The van der Waals surface area contributed by atoms with Gasteiger partial charge in [0.1, 0.15) is 5.70 Å². The fraction of sp³-hybridized carbons (Fsp3) is 0.286. The smallest absolute Gasteiger partial charge is 0.277 e. The lowest BCUT2D eigenvalue weighted by Crippen LogP contribution is -2.31. The molecule has 1 aromatic rings. The molecule has 4 heteroatoms. The third-order valence-corrected chi connectivity index (χ3v) is 2.99. The molecule has 0 bridgehead atoms. The Labute approximate surface area is 106 Å². The maximum absolute atomic E-state index is 11.9. The fourth-order valence-corrected chi connectivity index (χ4v) is 1.91. The van der Waals surface area contributed by atoms with Crippen LogP contribution in [0.15, 0.2) is 30.0 Å². The minimum Gasteiger partial charge on any atom is -0.351 e. The summed E-state index contributed by atoms with van der Waals surface area (Å²) in [6.07, 6.45) is 1.35. The van der Waals surface area contributed by atoms with Gasteiger partial charge in [0.2, 0.25) is 0 Å². The van der Waals surface area contributed by atoms with Gasteiger partial charge in [-0.05, 0) is 38.0 Å². The summed E-state index contributed by atoms with van der Waals surface area (Å²) >= 11 is 0. The van der Waals surface area contributed by atoms with Crippen molar-refractivity contribution < 1.29 is 9.59 Å². The molecule has 94 valence electrons. The summed E-state index contributed by atoms with van der Waals surface area (Å²) < 4.78 is 0. The topological polar surface area (TPSA) is 49.4 Å². The maximum atomic E-state index is 11.9. The van der Waals surface area contributed by atoms with Gasteiger partial charge in [0.15, 0.2) is 0 Å². The molecule has 1 aliphatic heterocycles. The SMILES string of the molecule is CCN1C(=O)C=C(Nc2cc(C)ccc2C)C1=O. The summed E-state index contributed by atoms with van der Waals surface area (Å²) in [5.74, 6) is -0.515. The predicted molar refractivity (Wildman–Crippen MR) is 70.0 cm³/mol. The Morgan fingerprint density at radius 1 is 1.22 bits per heavy atom. The van der Waals surface area contributed by atoms with Crippen molar-refractivity contribution in [3.63, 3.8) is 0 Å². The van der Waals surface area contributed by atoms with Gasteiger partial charge in [0.25, 0.3) is 11.8 Å². The molecule has 1 aliphatic rings. The van der Waals surface area contributed by atoms with Crippen molar-refractivity contribution in [3.8, 4) is 0 Å². The molecule has 0 saturated carbocycles. The number of amides is 2. The maximum Gasteiger partial charge on any atom is 0.277 e. The van der Waals surface area contributed by atoms with E-state index in [0.717, 1.165) is 16.8 Å². The van der Waals surface area contributed by atoms with Crippen LogP contribution in [0.25, 0.3) is 0 Å². The molecule has 0 aliphatic carbocycles. The number of nitrogens with zero attached hydrogens (tertiary/aromatic N) is 1. The highest BCUT2D eigenvalue weighted by Crippen LogP contribution is 2.21. The number of hydrogen-bond donors (Lipinski definition) is 1. The zero-order chi connectivity index (χ0) is 13.3. The normalized spacial score (nSPS) is 15.1. The average molecular weight is 244 g/mol. The highest BCUT2D eigenvalue weighted by molar-refractivity contribution is 6.17. The predicted octanol–water partition coefficient (Wildman–Crippen LogP) is 1.99. The highest BCUT2D eigenvalue weighted by Gasteiger charge is 2.29. The van der Waals surface area contributed by atoms with Gasteiger partial charge in [-0.15, -0.1) is 0 Å². The Balaban J connectivity index is 2.25. The van der Waals surface area contributed by atoms with Crippen LogP contribution in [0.5, 0.6) is 0 Å². The van der Waals surface area contributed by atoms with Crippen LogP contribution >= 0.6 is 0 Å². The van der Waals surface area contributed by atoms with Crippen molar-refractivity contribution in [1.82, 2.24) is 4.90 Å². The lowest BCUT2D eigenvalue weighted by Gasteiger charge is -2.13. The molecular weight excluding hydrogens is 228 g/mol. The molecule has 18 heavy (non-hydrogen) atoms. The Morgan fingerprint density at radius 2 is 1.94 bits per heavy atom. The third kappa shape index (κ3) is 2.14. The van der Waals surface area contributed by atoms with E-state index in [1.54, 1.807) is 6.92 Å². The largest absolute Gasteiger partial charge is 0.351 e. The molecule has 0 spiro atoms. The van der Waals surface area contributed by atoms with Gasteiger partial charge < -0.3 is 5.32 Å². The monoisotopic (exact) mass is 244 g/mol. The second-order valence-corrected chi connectivity index (χ2v) is 4.39. The van der Waals surface area contributed by atoms with Crippen molar-refractivity contribution >= 4 is 17.5 Å². The molecule has 0 saturated heterocycles. The summed E-state index contributed by atoms with van der Waals surface area (Å²) in [6, 6.07) is 5.95. The van der Waals surface area contributed by atoms with E-state index >= 15 is 0 Å². The number of rotatable bonds is 3. The van der Waals surface area contributed by atoms with Gasteiger partial charge in [-0.3, -0.25) is 14.5 Å². The molecule has 1 heterocycles. The Kier molecular flexibility index (Phi) is 3.19. The van der Waals surface area contributed by atoms with Crippen molar-refractivity contribution in [2.45, 2.75) is 20.8 Å². The van der Waals surface area contributed by atoms with E-state index in [9.17, 15) is 9.59 Å². The van der Waals surface area contributed by atoms with Crippen LogP contribution in [0.1, 0.15) is 18.1 Å². The summed E-state index contributed by atoms with van der Waals surface area (Å²) in [4.78, 5) is 24.7. The third-order valence-electron chi connectivity index (χ3n) is 2.99. The minimum absolute atomic E-state index is 0.254. The van der Waals surface area contributed by atoms with E-state index in [2.05, 4.69) is 5.32 Å². The summed E-state index contributed by atoms with van der Waals surface area (Å²) in [5.41, 5.74) is 3.35. The van der Waals surface area contributed by atoms with Gasteiger partial charge in [0, 0.05) is 18.3 Å². The van der Waals surface area contributed by atoms with E-state index in [0.29, 0.717) is 12.2 Å². The Bertz CT molecular complexity index is 547. The molecule has 2 rings (SSSR count). The zero-order valence-electron chi connectivity index (χ0n) is 10.8. The average Bonchev–Trinajstić information content (AvgIpc) is 2.59. The molecule has 0 radical (unpaired) electrons. The lowest BCUT2D eigenvalue weighted by atomic mass is 10.1. The zero-order valence-corrected chi connectivity index (χ0v) is 10.8. The number of carbonyl (C=O) groups excluding carboxylic acids is 2. The van der Waals surface area contributed by atoms with Gasteiger partial charge >= 0.3 is 0 Å². The van der Waals surface area contributed by atoms with E-state index < -0.39 is 0 Å². The molecule has 0 unspecified atom stereocenters. The van der Waals surface area contributed by atoms with Crippen molar-refractivity contribution in [2.24, 2.45) is 0 Å². The van der Waals surface area contributed by atoms with Gasteiger partial charge in [0.05, 0.1) is 0 Å². The number of aryl methyl sites for hydroxylation is 2. The number of likely N-dealkylation sites (N-methyl/N-ethyl adjacent to an activating group) is 1. The van der Waals surface area contributed by atoms with E-state index in [4.69, 9.17) is 0 Å². The molecule has 1 aromatic carbocycles. The van der Waals surface area contributed by atoms with Gasteiger partial charge in [-0.2, -0.15) is 0 Å². The first-order chi connectivity index (χ1) is 8.52. The quantitative estimate of drug-likeness (QED) is 0.827. The van der Waals surface area contributed by atoms with Crippen LogP contribution < -0.4 is 5.32 Å². The highest BCUT2D eigenvalue weighted by atomic mass is 16.2. The molecule has 2 amide bonds. The number of hydrogen-bond acceptors (Lipinski definition) is 3. The number of nitrogens with one attached hydrogen (secondary N) is 1. The first-order valence-corrected chi connectivity index (χ1v) is 5.94. The van der Waals surface area contributed by atoms with E-state index in [1.165, 1.54) is 11.0 Å². The van der Waals surface area contributed by atoms with Crippen molar-refractivity contribution in [2.75, 3.05) is 11.9 Å². The Morgan fingerprint density at radius 3 is 2.56 bits per heavy atom. The van der Waals surface area contributed by atoms with E-state index in [1.807, 2.05) is 32.0 Å². The number of carbonyl (C=O) groups is 2. The van der Waals surface area contributed by atoms with Gasteiger partial charge in [-0.25, -0.2) is 0 Å². The van der Waals surface area contributed by atoms with Crippen LogP contribution in [0.4, 0.5) is 5.69 Å². The van der Waals surface area contributed by atoms with Gasteiger partial charge in [-0.1, -0.05) is 12.1 Å². The molecule has 0 aromatic heterocycles. The molecule has 0 fully saturated rings. The number of imide groups is 1. The van der Waals surface area contributed by atoms with Crippen molar-refractivity contribution in [3.05, 3.63) is 41.1 Å². The second-order valence-electron chi connectivity index (χ2n) is 4.39. The molecule has 4 nitrogen and oxygen atoms in total. The van der Waals surface area contributed by atoms with E-state index in [-0.39, 0.29) is 11.8 Å². The van der Waals surface area contributed by atoms with Crippen LogP contribution in [0, 0.1) is 13.8 Å². The van der Waals surface area contributed by atoms with Crippen LogP contribution in [0.3, 0.4) is 0 Å². The lowest BCUT2D eigenvalue weighted by molar-refractivity contribution is -0.136. The van der Waals surface area contributed by atoms with Crippen LogP contribution in [0.2, 0.25) is 0 Å². The van der Waals surface area contributed by atoms with Crippen LogP contribution in [-0.2, 0) is 9.59 Å². The standard InChI is InChI=1S/C14H16N2O2/c1-4-16-13(17)8-12(14(16)18)15-11-7-9(2)5-6-10(11)3/h5-8,15H,4H2,1-3H3. The summed E-state index contributed by atoms with van der Waals surface area (Å²) in [7, 11) is 0. The van der Waals surface area contributed by atoms with Crippen LogP contribution in [-0.4, -0.2) is 23.3 Å². The fourth-order valence-electron chi connectivity index (χ4n) is 1.91. The Hall–Kier alpha value is -2.10. The number of anilines is 1. The molecule has 1 N–H and O–H groups in total. The molecular formula is C14H16N2O2. The second kappa shape index (κ2) is 4.64.